The molecule has 102 valence electrons. The van der Waals surface area contributed by atoms with E-state index in [0.29, 0.717) is 24.1 Å². The Morgan fingerprint density at radius 2 is 2.11 bits per heavy atom. The van der Waals surface area contributed by atoms with Gasteiger partial charge in [0.2, 0.25) is 11.8 Å². The van der Waals surface area contributed by atoms with E-state index < -0.39 is 0 Å². The molecular weight excluding hydrogens is 250 g/mol. The molecule has 2 saturated heterocycles. The fourth-order valence-corrected chi connectivity index (χ4v) is 3.39. The van der Waals surface area contributed by atoms with Gasteiger partial charge in [0.05, 0.1) is 12.3 Å². The molecule has 6 heteroatoms. The first-order valence-electron chi connectivity index (χ1n) is 6.62. The van der Waals surface area contributed by atoms with Crippen LogP contribution in [0.15, 0.2) is 0 Å². The molecule has 0 saturated carbocycles. The quantitative estimate of drug-likeness (QED) is 0.747. The summed E-state index contributed by atoms with van der Waals surface area (Å²) < 4.78 is 0. The second-order valence-electron chi connectivity index (χ2n) is 4.78. The van der Waals surface area contributed by atoms with Gasteiger partial charge in [-0.1, -0.05) is 0 Å². The van der Waals surface area contributed by atoms with Crippen LogP contribution in [0, 0.1) is 0 Å². The fourth-order valence-electron chi connectivity index (χ4n) is 2.26. The second kappa shape index (κ2) is 6.99. The lowest BCUT2D eigenvalue weighted by molar-refractivity contribution is -0.133. The minimum atomic E-state index is -0.0345. The summed E-state index contributed by atoms with van der Waals surface area (Å²) in [7, 11) is 0. The highest BCUT2D eigenvalue weighted by Crippen LogP contribution is 2.20. The Bertz CT molecular complexity index is 306. The Balaban J connectivity index is 1.74. The first-order valence-corrected chi connectivity index (χ1v) is 7.67. The predicted molar refractivity (Wildman–Crippen MR) is 72.6 cm³/mol. The van der Waals surface area contributed by atoms with Crippen molar-refractivity contribution in [1.82, 2.24) is 15.5 Å². The predicted octanol–water partition coefficient (Wildman–Crippen LogP) is -0.180. The summed E-state index contributed by atoms with van der Waals surface area (Å²) in [4.78, 5) is 25.1. The minimum absolute atomic E-state index is 0.0345. The van der Waals surface area contributed by atoms with Crippen LogP contribution >= 0.6 is 11.8 Å². The Kier molecular flexibility index (Phi) is 5.31. The van der Waals surface area contributed by atoms with Crippen molar-refractivity contribution in [1.29, 1.82) is 0 Å². The van der Waals surface area contributed by atoms with Crippen LogP contribution < -0.4 is 10.6 Å². The van der Waals surface area contributed by atoms with E-state index in [-0.39, 0.29) is 18.4 Å². The van der Waals surface area contributed by atoms with Gasteiger partial charge in [-0.15, -0.1) is 11.8 Å². The maximum atomic E-state index is 12.0. The van der Waals surface area contributed by atoms with E-state index in [1.54, 1.807) is 16.7 Å². The van der Waals surface area contributed by atoms with E-state index >= 15 is 0 Å². The van der Waals surface area contributed by atoms with Gasteiger partial charge < -0.3 is 15.5 Å². The van der Waals surface area contributed by atoms with E-state index in [0.717, 1.165) is 32.4 Å². The standard InChI is InChI=1S/C12H21N3O2S/c16-11-8-15(7-1-4-14-11)12(17)9-18-10-2-5-13-6-3-10/h10,13H,1-9H2,(H,14,16). The van der Waals surface area contributed by atoms with Gasteiger partial charge in [0.15, 0.2) is 0 Å². The molecule has 0 aliphatic carbocycles. The van der Waals surface area contributed by atoms with Gasteiger partial charge in [0, 0.05) is 18.3 Å². The lowest BCUT2D eigenvalue weighted by Gasteiger charge is -2.24. The molecule has 2 fully saturated rings. The van der Waals surface area contributed by atoms with Crippen LogP contribution in [0.2, 0.25) is 0 Å². The van der Waals surface area contributed by atoms with Crippen LogP contribution in [-0.2, 0) is 9.59 Å². The molecule has 2 heterocycles. The third-order valence-corrected chi connectivity index (χ3v) is 4.70. The van der Waals surface area contributed by atoms with Gasteiger partial charge in [-0.25, -0.2) is 0 Å². The van der Waals surface area contributed by atoms with Crippen molar-refractivity contribution in [3.8, 4) is 0 Å². The summed E-state index contributed by atoms with van der Waals surface area (Å²) in [5, 5.41) is 6.70. The Morgan fingerprint density at radius 3 is 2.89 bits per heavy atom. The molecule has 18 heavy (non-hydrogen) atoms. The first kappa shape index (κ1) is 13.7. The van der Waals surface area contributed by atoms with Gasteiger partial charge in [-0.05, 0) is 32.4 Å². The SMILES string of the molecule is O=C1CN(C(=O)CSC2CCNCC2)CCCN1. The largest absolute Gasteiger partial charge is 0.354 e. The lowest BCUT2D eigenvalue weighted by atomic mass is 10.2. The molecule has 0 bridgehead atoms. The van der Waals surface area contributed by atoms with E-state index in [1.807, 2.05) is 0 Å². The van der Waals surface area contributed by atoms with Crippen molar-refractivity contribution in [3.63, 3.8) is 0 Å². The lowest BCUT2D eigenvalue weighted by Crippen LogP contribution is -2.39. The maximum Gasteiger partial charge on any atom is 0.239 e. The van der Waals surface area contributed by atoms with Crippen molar-refractivity contribution < 1.29 is 9.59 Å². The number of nitrogens with zero attached hydrogens (tertiary/aromatic N) is 1. The highest BCUT2D eigenvalue weighted by molar-refractivity contribution is 8.00. The molecule has 0 aromatic rings. The molecule has 0 radical (unpaired) electrons. The smallest absolute Gasteiger partial charge is 0.239 e. The van der Waals surface area contributed by atoms with Crippen molar-refractivity contribution >= 4 is 23.6 Å². The molecule has 2 amide bonds. The average molecular weight is 271 g/mol. The number of piperidine rings is 1. The van der Waals surface area contributed by atoms with Crippen molar-refractivity contribution in [2.24, 2.45) is 0 Å². The van der Waals surface area contributed by atoms with Crippen LogP contribution in [0.25, 0.3) is 0 Å². The van der Waals surface area contributed by atoms with Crippen LogP contribution in [0.4, 0.5) is 0 Å². The molecule has 2 rings (SSSR count). The van der Waals surface area contributed by atoms with Crippen LogP contribution in [0.3, 0.4) is 0 Å². The summed E-state index contributed by atoms with van der Waals surface area (Å²) in [6, 6.07) is 0. The number of thioether (sulfide) groups is 1. The normalized spacial score (nSPS) is 22.4. The van der Waals surface area contributed by atoms with Gasteiger partial charge in [0.1, 0.15) is 0 Å². The molecule has 0 unspecified atom stereocenters. The molecule has 2 N–H and O–H groups in total. The third kappa shape index (κ3) is 4.17. The van der Waals surface area contributed by atoms with Crippen molar-refractivity contribution in [2.75, 3.05) is 38.5 Å². The van der Waals surface area contributed by atoms with E-state index in [2.05, 4.69) is 10.6 Å². The zero-order valence-electron chi connectivity index (χ0n) is 10.6. The highest BCUT2D eigenvalue weighted by Gasteiger charge is 2.21. The number of amides is 2. The maximum absolute atomic E-state index is 12.0. The summed E-state index contributed by atoms with van der Waals surface area (Å²) in [5.74, 6) is 0.584. The van der Waals surface area contributed by atoms with Gasteiger partial charge in [-0.3, -0.25) is 9.59 Å². The fraction of sp³-hybridized carbons (Fsp3) is 0.833. The molecule has 0 aromatic carbocycles. The Labute approximate surface area is 112 Å². The Morgan fingerprint density at radius 1 is 1.33 bits per heavy atom. The summed E-state index contributed by atoms with van der Waals surface area (Å²) in [6.45, 7) is 3.72. The Hall–Kier alpha value is -0.750. The van der Waals surface area contributed by atoms with Crippen LogP contribution in [0.1, 0.15) is 19.3 Å². The minimum Gasteiger partial charge on any atom is -0.354 e. The molecule has 0 spiro atoms. The zero-order valence-corrected chi connectivity index (χ0v) is 11.4. The molecular formula is C12H21N3O2S. The number of hydrogen-bond acceptors (Lipinski definition) is 4. The molecule has 2 aliphatic heterocycles. The molecule has 2 aliphatic rings. The first-order chi connectivity index (χ1) is 8.75. The number of carbonyl (C=O) groups is 2. The molecule has 0 atom stereocenters. The van der Waals surface area contributed by atoms with E-state index in [1.165, 1.54) is 0 Å². The number of carbonyl (C=O) groups excluding carboxylic acids is 2. The topological polar surface area (TPSA) is 61.4 Å². The van der Waals surface area contributed by atoms with E-state index in [4.69, 9.17) is 0 Å². The number of hydrogen-bond donors (Lipinski definition) is 2. The second-order valence-corrected chi connectivity index (χ2v) is 6.07. The third-order valence-electron chi connectivity index (χ3n) is 3.34. The van der Waals surface area contributed by atoms with Gasteiger partial charge in [-0.2, -0.15) is 0 Å². The zero-order chi connectivity index (χ0) is 12.8. The summed E-state index contributed by atoms with van der Waals surface area (Å²) in [6.07, 6.45) is 3.13. The van der Waals surface area contributed by atoms with Gasteiger partial charge >= 0.3 is 0 Å². The monoisotopic (exact) mass is 271 g/mol. The van der Waals surface area contributed by atoms with Crippen LogP contribution in [-0.4, -0.2) is 60.4 Å². The van der Waals surface area contributed by atoms with Crippen LogP contribution in [0.5, 0.6) is 0 Å². The van der Waals surface area contributed by atoms with Crippen molar-refractivity contribution in [2.45, 2.75) is 24.5 Å². The highest BCUT2D eigenvalue weighted by atomic mass is 32.2. The summed E-state index contributed by atoms with van der Waals surface area (Å²) >= 11 is 1.74. The molecule has 5 nitrogen and oxygen atoms in total. The average Bonchev–Trinajstić information content (AvgIpc) is 2.62. The number of nitrogens with one attached hydrogen (secondary N) is 2. The van der Waals surface area contributed by atoms with Crippen molar-refractivity contribution in [3.05, 3.63) is 0 Å². The molecule has 0 aromatic heterocycles. The summed E-state index contributed by atoms with van der Waals surface area (Å²) in [5.41, 5.74) is 0. The van der Waals surface area contributed by atoms with E-state index in [9.17, 15) is 9.59 Å². The van der Waals surface area contributed by atoms with Gasteiger partial charge in [0.25, 0.3) is 0 Å². The number of rotatable bonds is 3.